The molecule has 0 bridgehead atoms. The number of nitrogens with one attached hydrogen (secondary N) is 1. The van der Waals surface area contributed by atoms with E-state index in [1.54, 1.807) is 0 Å². The number of hydrogen-bond donors (Lipinski definition) is 3. The summed E-state index contributed by atoms with van der Waals surface area (Å²) in [7, 11) is 0. The van der Waals surface area contributed by atoms with Crippen LogP contribution in [0.2, 0.25) is 0 Å². The SMILES string of the molecule is CC(C)C(O)CNC(=O)c1cc(N)c(F)cc1Br. The van der Waals surface area contributed by atoms with Crippen LogP contribution in [0.4, 0.5) is 10.1 Å². The van der Waals surface area contributed by atoms with Gasteiger partial charge in [0.2, 0.25) is 0 Å². The molecule has 0 saturated heterocycles. The van der Waals surface area contributed by atoms with Crippen molar-refractivity contribution in [2.45, 2.75) is 20.0 Å². The summed E-state index contributed by atoms with van der Waals surface area (Å²) in [4.78, 5) is 11.8. The number of halogens is 2. The van der Waals surface area contributed by atoms with Gasteiger partial charge in [0.1, 0.15) is 5.82 Å². The van der Waals surface area contributed by atoms with Gasteiger partial charge in [0.05, 0.1) is 17.4 Å². The Bertz CT molecular complexity index is 452. The predicted octanol–water partition coefficient (Wildman–Crippen LogP) is 1.92. The second-order valence-corrected chi connectivity index (χ2v) is 5.23. The van der Waals surface area contributed by atoms with E-state index in [0.717, 1.165) is 6.07 Å². The summed E-state index contributed by atoms with van der Waals surface area (Å²) in [5.41, 5.74) is 5.56. The molecule has 6 heteroatoms. The average molecular weight is 319 g/mol. The fraction of sp³-hybridized carbons (Fsp3) is 0.417. The van der Waals surface area contributed by atoms with Crippen LogP contribution in [0, 0.1) is 11.7 Å². The van der Waals surface area contributed by atoms with Crippen molar-refractivity contribution in [2.24, 2.45) is 5.92 Å². The van der Waals surface area contributed by atoms with Crippen LogP contribution < -0.4 is 11.1 Å². The minimum Gasteiger partial charge on any atom is -0.396 e. The lowest BCUT2D eigenvalue weighted by Crippen LogP contribution is -2.34. The van der Waals surface area contributed by atoms with Crippen LogP contribution in [0.25, 0.3) is 0 Å². The van der Waals surface area contributed by atoms with Gasteiger partial charge >= 0.3 is 0 Å². The van der Waals surface area contributed by atoms with E-state index in [1.165, 1.54) is 6.07 Å². The number of hydrogen-bond acceptors (Lipinski definition) is 3. The Labute approximate surface area is 113 Å². The van der Waals surface area contributed by atoms with E-state index in [9.17, 15) is 14.3 Å². The third-order valence-electron chi connectivity index (χ3n) is 2.57. The van der Waals surface area contributed by atoms with E-state index >= 15 is 0 Å². The van der Waals surface area contributed by atoms with Crippen molar-refractivity contribution in [3.8, 4) is 0 Å². The van der Waals surface area contributed by atoms with E-state index in [4.69, 9.17) is 5.73 Å². The molecule has 4 N–H and O–H groups in total. The number of benzene rings is 1. The molecule has 1 amide bonds. The highest BCUT2D eigenvalue weighted by molar-refractivity contribution is 9.10. The van der Waals surface area contributed by atoms with Gasteiger partial charge in [0.25, 0.3) is 5.91 Å². The fourth-order valence-electron chi connectivity index (χ4n) is 1.27. The summed E-state index contributed by atoms with van der Waals surface area (Å²) in [6, 6.07) is 2.40. The number of amides is 1. The molecule has 1 atom stereocenters. The van der Waals surface area contributed by atoms with Crippen molar-refractivity contribution in [2.75, 3.05) is 12.3 Å². The van der Waals surface area contributed by atoms with E-state index in [0.29, 0.717) is 4.47 Å². The molecule has 0 aliphatic rings. The zero-order valence-electron chi connectivity index (χ0n) is 10.2. The van der Waals surface area contributed by atoms with Crippen LogP contribution in [0.3, 0.4) is 0 Å². The topological polar surface area (TPSA) is 75.3 Å². The van der Waals surface area contributed by atoms with Crippen LogP contribution in [-0.2, 0) is 0 Å². The Morgan fingerprint density at radius 1 is 1.56 bits per heavy atom. The number of aliphatic hydroxyl groups excluding tert-OH is 1. The zero-order chi connectivity index (χ0) is 13.9. The maximum atomic E-state index is 13.1. The minimum atomic E-state index is -0.620. The first kappa shape index (κ1) is 14.9. The van der Waals surface area contributed by atoms with Crippen molar-refractivity contribution < 1.29 is 14.3 Å². The third kappa shape index (κ3) is 3.68. The number of nitrogens with two attached hydrogens (primary N) is 1. The molecule has 0 aromatic heterocycles. The first-order valence-corrected chi connectivity index (χ1v) is 6.33. The molecule has 1 aromatic carbocycles. The van der Waals surface area contributed by atoms with Gasteiger partial charge in [-0.2, -0.15) is 0 Å². The summed E-state index contributed by atoms with van der Waals surface area (Å²) in [5, 5.41) is 12.1. The van der Waals surface area contributed by atoms with Crippen molar-refractivity contribution in [1.29, 1.82) is 0 Å². The van der Waals surface area contributed by atoms with Crippen LogP contribution in [0.15, 0.2) is 16.6 Å². The number of nitrogen functional groups attached to an aromatic ring is 1. The van der Waals surface area contributed by atoms with Crippen molar-refractivity contribution in [3.63, 3.8) is 0 Å². The molecule has 0 spiro atoms. The van der Waals surface area contributed by atoms with Gasteiger partial charge < -0.3 is 16.2 Å². The highest BCUT2D eigenvalue weighted by atomic mass is 79.9. The molecule has 0 radical (unpaired) electrons. The average Bonchev–Trinajstić information content (AvgIpc) is 2.30. The van der Waals surface area contributed by atoms with Gasteiger partial charge in [-0.25, -0.2) is 4.39 Å². The van der Waals surface area contributed by atoms with Crippen molar-refractivity contribution in [1.82, 2.24) is 5.32 Å². The van der Waals surface area contributed by atoms with E-state index < -0.39 is 17.8 Å². The molecule has 0 saturated carbocycles. The van der Waals surface area contributed by atoms with Gasteiger partial charge in [-0.1, -0.05) is 13.8 Å². The van der Waals surface area contributed by atoms with Gasteiger partial charge in [-0.3, -0.25) is 4.79 Å². The number of aliphatic hydroxyl groups is 1. The molecule has 18 heavy (non-hydrogen) atoms. The zero-order valence-corrected chi connectivity index (χ0v) is 11.8. The second kappa shape index (κ2) is 6.15. The first-order valence-electron chi connectivity index (χ1n) is 5.53. The fourth-order valence-corrected chi connectivity index (χ4v) is 1.76. The Morgan fingerprint density at radius 3 is 2.72 bits per heavy atom. The van der Waals surface area contributed by atoms with Crippen LogP contribution in [0.1, 0.15) is 24.2 Å². The van der Waals surface area contributed by atoms with Crippen LogP contribution >= 0.6 is 15.9 Å². The van der Waals surface area contributed by atoms with Gasteiger partial charge in [-0.05, 0) is 34.0 Å². The van der Waals surface area contributed by atoms with Gasteiger partial charge in [-0.15, -0.1) is 0 Å². The molecule has 100 valence electrons. The lowest BCUT2D eigenvalue weighted by molar-refractivity contribution is 0.0871. The first-order chi connectivity index (χ1) is 8.32. The van der Waals surface area contributed by atoms with Crippen LogP contribution in [0.5, 0.6) is 0 Å². The van der Waals surface area contributed by atoms with Crippen LogP contribution in [-0.4, -0.2) is 23.7 Å². The second-order valence-electron chi connectivity index (χ2n) is 4.37. The maximum Gasteiger partial charge on any atom is 0.252 e. The smallest absolute Gasteiger partial charge is 0.252 e. The quantitative estimate of drug-likeness (QED) is 0.742. The molecule has 0 aliphatic carbocycles. The number of carbonyl (C=O) groups excluding carboxylic acids is 1. The number of carbonyl (C=O) groups is 1. The molecule has 0 aliphatic heterocycles. The Hall–Kier alpha value is -1.14. The van der Waals surface area contributed by atoms with Gasteiger partial charge in [0, 0.05) is 11.0 Å². The Morgan fingerprint density at radius 2 is 2.17 bits per heavy atom. The number of rotatable bonds is 4. The van der Waals surface area contributed by atoms with Crippen molar-refractivity contribution in [3.05, 3.63) is 28.0 Å². The molecular weight excluding hydrogens is 303 g/mol. The lowest BCUT2D eigenvalue weighted by Gasteiger charge is -2.15. The molecule has 1 aromatic rings. The monoisotopic (exact) mass is 318 g/mol. The normalized spacial score (nSPS) is 12.6. The highest BCUT2D eigenvalue weighted by Gasteiger charge is 2.15. The lowest BCUT2D eigenvalue weighted by atomic mass is 10.1. The van der Waals surface area contributed by atoms with E-state index in [2.05, 4.69) is 21.2 Å². The summed E-state index contributed by atoms with van der Waals surface area (Å²) < 4.78 is 13.4. The largest absolute Gasteiger partial charge is 0.396 e. The molecule has 1 rings (SSSR count). The highest BCUT2D eigenvalue weighted by Crippen LogP contribution is 2.22. The molecule has 0 heterocycles. The van der Waals surface area contributed by atoms with E-state index in [1.807, 2.05) is 13.8 Å². The van der Waals surface area contributed by atoms with Crippen molar-refractivity contribution >= 4 is 27.5 Å². The minimum absolute atomic E-state index is 0.0482. The summed E-state index contributed by atoms with van der Waals surface area (Å²) in [5.74, 6) is -0.944. The Balaban J connectivity index is 2.76. The third-order valence-corrected chi connectivity index (χ3v) is 3.23. The molecular formula is C12H16BrFN2O2. The number of anilines is 1. The molecule has 1 unspecified atom stereocenters. The van der Waals surface area contributed by atoms with Gasteiger partial charge in [0.15, 0.2) is 0 Å². The standard InChI is InChI=1S/C12H16BrFN2O2/c1-6(2)11(17)5-16-12(18)7-3-10(15)9(14)4-8(7)13/h3-4,6,11,17H,5,15H2,1-2H3,(H,16,18). The predicted molar refractivity (Wildman–Crippen MR) is 71.7 cm³/mol. The Kier molecular flexibility index (Phi) is 5.10. The summed E-state index contributed by atoms with van der Waals surface area (Å²) in [6.45, 7) is 3.84. The maximum absolute atomic E-state index is 13.1. The summed E-state index contributed by atoms with van der Waals surface area (Å²) >= 11 is 3.10. The molecule has 0 fully saturated rings. The summed E-state index contributed by atoms with van der Waals surface area (Å²) in [6.07, 6.45) is -0.620. The molecule has 4 nitrogen and oxygen atoms in total. The van der Waals surface area contributed by atoms with E-state index in [-0.39, 0.29) is 23.7 Å².